The minimum absolute atomic E-state index is 0.0514. The highest BCUT2D eigenvalue weighted by Crippen LogP contribution is 2.28. The van der Waals surface area contributed by atoms with Crippen molar-refractivity contribution in [1.29, 1.82) is 0 Å². The van der Waals surface area contributed by atoms with Crippen LogP contribution in [-0.4, -0.2) is 21.0 Å². The van der Waals surface area contributed by atoms with Crippen molar-refractivity contribution in [2.24, 2.45) is 0 Å². The first-order chi connectivity index (χ1) is 9.49. The summed E-state index contributed by atoms with van der Waals surface area (Å²) in [5.41, 5.74) is -0.277. The minimum Gasteiger partial charge on any atom is -0.478 e. The fourth-order valence-electron chi connectivity index (χ4n) is 1.53. The maximum Gasteiger partial charge on any atom is 0.335 e. The standard InChI is InChI=1S/C13H11ClN2O4/c1-2-10-15-11(17)6-12(16-10)20-9-4-3-7(13(18)19)5-8(9)14/h3-6H,2H2,1H3,(H,18,19)(H,15,16,17). The Labute approximate surface area is 119 Å². The molecule has 7 heteroatoms. The van der Waals surface area contributed by atoms with Crippen LogP contribution in [-0.2, 0) is 6.42 Å². The number of carbonyl (C=O) groups is 1. The topological polar surface area (TPSA) is 92.3 Å². The van der Waals surface area contributed by atoms with Crippen LogP contribution in [0.5, 0.6) is 11.6 Å². The molecule has 0 atom stereocenters. The summed E-state index contributed by atoms with van der Waals surface area (Å²) in [5.74, 6) is -0.251. The molecule has 0 spiro atoms. The molecule has 2 N–H and O–H groups in total. The van der Waals surface area contributed by atoms with Gasteiger partial charge < -0.3 is 14.8 Å². The Hall–Kier alpha value is -2.34. The number of hydrogen-bond acceptors (Lipinski definition) is 4. The lowest BCUT2D eigenvalue weighted by molar-refractivity contribution is 0.0697. The molecule has 104 valence electrons. The lowest BCUT2D eigenvalue weighted by atomic mass is 10.2. The number of rotatable bonds is 4. The number of benzene rings is 1. The predicted molar refractivity (Wildman–Crippen MR) is 72.7 cm³/mol. The largest absolute Gasteiger partial charge is 0.478 e. The van der Waals surface area contributed by atoms with Gasteiger partial charge >= 0.3 is 5.97 Å². The summed E-state index contributed by atoms with van der Waals surface area (Å²) in [6, 6.07) is 5.24. The molecule has 0 bridgehead atoms. The predicted octanol–water partition coefficient (Wildman–Crippen LogP) is 2.48. The molecule has 0 aliphatic rings. The van der Waals surface area contributed by atoms with E-state index >= 15 is 0 Å². The molecule has 2 aromatic rings. The van der Waals surface area contributed by atoms with Gasteiger partial charge in [0.2, 0.25) is 5.88 Å². The molecule has 20 heavy (non-hydrogen) atoms. The maximum atomic E-state index is 11.4. The van der Waals surface area contributed by atoms with Gasteiger partial charge in [-0.15, -0.1) is 0 Å². The van der Waals surface area contributed by atoms with E-state index in [0.29, 0.717) is 12.2 Å². The molecule has 1 heterocycles. The molecule has 0 amide bonds. The molecular formula is C13H11ClN2O4. The number of aromatic amines is 1. The van der Waals surface area contributed by atoms with Gasteiger partial charge in [-0.05, 0) is 18.2 Å². The SMILES string of the molecule is CCc1nc(Oc2ccc(C(=O)O)cc2Cl)cc(=O)[nH]1. The minimum atomic E-state index is -1.08. The van der Waals surface area contributed by atoms with E-state index in [1.165, 1.54) is 24.3 Å². The molecule has 0 saturated heterocycles. The van der Waals surface area contributed by atoms with Crippen molar-refractivity contribution in [2.75, 3.05) is 0 Å². The van der Waals surface area contributed by atoms with Crippen LogP contribution < -0.4 is 10.3 Å². The van der Waals surface area contributed by atoms with Gasteiger partial charge in [0.15, 0.2) is 0 Å². The second-order valence-corrected chi connectivity index (χ2v) is 4.34. The van der Waals surface area contributed by atoms with Gasteiger partial charge in [-0.3, -0.25) is 4.79 Å². The maximum absolute atomic E-state index is 11.4. The summed E-state index contributed by atoms with van der Waals surface area (Å²) in [6.07, 6.45) is 0.554. The van der Waals surface area contributed by atoms with Crippen LogP contribution >= 0.6 is 11.6 Å². The monoisotopic (exact) mass is 294 g/mol. The van der Waals surface area contributed by atoms with Crippen molar-refractivity contribution >= 4 is 17.6 Å². The summed E-state index contributed by atoms with van der Waals surface area (Å²) in [4.78, 5) is 28.9. The van der Waals surface area contributed by atoms with E-state index in [9.17, 15) is 9.59 Å². The van der Waals surface area contributed by atoms with E-state index in [-0.39, 0.29) is 27.8 Å². The third-order valence-corrected chi connectivity index (χ3v) is 2.79. The number of nitrogens with one attached hydrogen (secondary N) is 1. The lowest BCUT2D eigenvalue weighted by Gasteiger charge is -2.07. The average Bonchev–Trinajstić information content (AvgIpc) is 2.40. The fourth-order valence-corrected chi connectivity index (χ4v) is 1.75. The molecule has 2 rings (SSSR count). The molecule has 0 aliphatic heterocycles. The van der Waals surface area contributed by atoms with E-state index in [0.717, 1.165) is 0 Å². The van der Waals surface area contributed by atoms with Gasteiger partial charge in [0, 0.05) is 6.42 Å². The van der Waals surface area contributed by atoms with Crippen LogP contribution in [0, 0.1) is 0 Å². The van der Waals surface area contributed by atoms with Crippen LogP contribution in [0.3, 0.4) is 0 Å². The molecule has 1 aromatic heterocycles. The molecule has 0 aliphatic carbocycles. The molecule has 6 nitrogen and oxygen atoms in total. The van der Waals surface area contributed by atoms with Crippen molar-refractivity contribution in [3.63, 3.8) is 0 Å². The molecule has 0 unspecified atom stereocenters. The van der Waals surface area contributed by atoms with Crippen LogP contribution in [0.1, 0.15) is 23.1 Å². The summed E-state index contributed by atoms with van der Waals surface area (Å²) < 4.78 is 5.41. The summed E-state index contributed by atoms with van der Waals surface area (Å²) in [6.45, 7) is 1.84. The second-order valence-electron chi connectivity index (χ2n) is 3.94. The van der Waals surface area contributed by atoms with E-state index in [2.05, 4.69) is 9.97 Å². The number of aromatic carboxylic acids is 1. The quantitative estimate of drug-likeness (QED) is 0.903. The van der Waals surface area contributed by atoms with Crippen LogP contribution in [0.15, 0.2) is 29.1 Å². The van der Waals surface area contributed by atoms with Crippen molar-refractivity contribution in [2.45, 2.75) is 13.3 Å². The Balaban J connectivity index is 2.32. The molecule has 0 saturated carbocycles. The number of carboxylic acids is 1. The highest BCUT2D eigenvalue weighted by atomic mass is 35.5. The Morgan fingerprint density at radius 2 is 2.20 bits per heavy atom. The van der Waals surface area contributed by atoms with Crippen molar-refractivity contribution in [3.05, 3.63) is 51.0 Å². The van der Waals surface area contributed by atoms with Gasteiger partial charge in [-0.25, -0.2) is 4.79 Å². The number of nitrogens with zero attached hydrogens (tertiary/aromatic N) is 1. The normalized spacial score (nSPS) is 10.3. The van der Waals surface area contributed by atoms with Gasteiger partial charge in [-0.2, -0.15) is 4.98 Å². The van der Waals surface area contributed by atoms with Crippen LogP contribution in [0.4, 0.5) is 0 Å². The Kier molecular flexibility index (Phi) is 4.05. The van der Waals surface area contributed by atoms with E-state index in [1.807, 2.05) is 6.92 Å². The molecule has 1 aromatic carbocycles. The van der Waals surface area contributed by atoms with Gasteiger partial charge in [-0.1, -0.05) is 18.5 Å². The van der Waals surface area contributed by atoms with E-state index in [1.54, 1.807) is 0 Å². The summed E-state index contributed by atoms with van der Waals surface area (Å²) in [5, 5.41) is 8.97. The fraction of sp³-hybridized carbons (Fsp3) is 0.154. The first-order valence-corrected chi connectivity index (χ1v) is 6.18. The van der Waals surface area contributed by atoms with Gasteiger partial charge in [0.1, 0.15) is 11.6 Å². The summed E-state index contributed by atoms with van der Waals surface area (Å²) >= 11 is 5.93. The molecule has 0 radical (unpaired) electrons. The number of aromatic nitrogens is 2. The summed E-state index contributed by atoms with van der Waals surface area (Å²) in [7, 11) is 0. The van der Waals surface area contributed by atoms with Crippen molar-refractivity contribution in [3.8, 4) is 11.6 Å². The second kappa shape index (κ2) is 5.75. The number of carboxylic acid groups (broad SMARTS) is 1. The molecular weight excluding hydrogens is 284 g/mol. The number of H-pyrrole nitrogens is 1. The Bertz CT molecular complexity index is 712. The van der Waals surface area contributed by atoms with Gasteiger partial charge in [0.25, 0.3) is 5.56 Å². The number of aryl methyl sites for hydroxylation is 1. The third-order valence-electron chi connectivity index (χ3n) is 2.50. The zero-order valence-corrected chi connectivity index (χ0v) is 11.3. The Morgan fingerprint density at radius 1 is 1.45 bits per heavy atom. The first-order valence-electron chi connectivity index (χ1n) is 5.80. The zero-order chi connectivity index (χ0) is 14.7. The van der Waals surface area contributed by atoms with Crippen molar-refractivity contribution in [1.82, 2.24) is 9.97 Å². The average molecular weight is 295 g/mol. The highest BCUT2D eigenvalue weighted by Gasteiger charge is 2.10. The lowest BCUT2D eigenvalue weighted by Crippen LogP contribution is -2.10. The third kappa shape index (κ3) is 3.16. The van der Waals surface area contributed by atoms with Crippen molar-refractivity contribution < 1.29 is 14.6 Å². The zero-order valence-electron chi connectivity index (χ0n) is 10.5. The van der Waals surface area contributed by atoms with E-state index in [4.69, 9.17) is 21.4 Å². The number of hydrogen-bond donors (Lipinski definition) is 2. The number of ether oxygens (including phenoxy) is 1. The number of halogens is 1. The van der Waals surface area contributed by atoms with Gasteiger partial charge in [0.05, 0.1) is 16.7 Å². The first kappa shape index (κ1) is 14.1. The van der Waals surface area contributed by atoms with Crippen LogP contribution in [0.2, 0.25) is 5.02 Å². The smallest absolute Gasteiger partial charge is 0.335 e. The van der Waals surface area contributed by atoms with Crippen LogP contribution in [0.25, 0.3) is 0 Å². The Morgan fingerprint density at radius 3 is 2.80 bits per heavy atom. The molecule has 0 fully saturated rings. The van der Waals surface area contributed by atoms with E-state index < -0.39 is 5.97 Å². The highest BCUT2D eigenvalue weighted by molar-refractivity contribution is 6.32.